The molecule has 0 atom stereocenters. The van der Waals surface area contributed by atoms with E-state index in [9.17, 15) is 4.79 Å². The Morgan fingerprint density at radius 3 is 2.64 bits per heavy atom. The summed E-state index contributed by atoms with van der Waals surface area (Å²) in [5, 5.41) is 0. The fraction of sp³-hybridized carbons (Fsp3) is 0.300. The molecule has 0 amide bonds. The van der Waals surface area contributed by atoms with E-state index >= 15 is 0 Å². The van der Waals surface area contributed by atoms with Gasteiger partial charge >= 0.3 is 6.16 Å². The zero-order valence-electron chi connectivity index (χ0n) is 7.81. The first-order chi connectivity index (χ1) is 6.83. The lowest BCUT2D eigenvalue weighted by atomic mass is 10.3. The molecule has 76 valence electrons. The second kappa shape index (κ2) is 5.99. The minimum atomic E-state index is -0.690. The number of ether oxygens (including phenoxy) is 2. The molecule has 0 bridgehead atoms. The first kappa shape index (κ1) is 10.5. The van der Waals surface area contributed by atoms with Gasteiger partial charge in [0.15, 0.2) is 0 Å². The van der Waals surface area contributed by atoms with Crippen molar-refractivity contribution in [3.05, 3.63) is 30.3 Å². The fourth-order valence-electron chi connectivity index (χ4n) is 0.853. The van der Waals surface area contributed by atoms with Crippen molar-refractivity contribution in [2.75, 3.05) is 13.2 Å². The molecule has 0 aliphatic heterocycles. The molecule has 0 aliphatic carbocycles. The molecule has 1 rings (SSSR count). The van der Waals surface area contributed by atoms with Gasteiger partial charge in [-0.15, -0.1) is 0 Å². The van der Waals surface area contributed by atoms with E-state index < -0.39 is 6.16 Å². The molecule has 0 unspecified atom stereocenters. The number of hydrogen-bond donors (Lipinski definition) is 1. The predicted octanol–water partition coefficient (Wildman–Crippen LogP) is 1.55. The van der Waals surface area contributed by atoms with E-state index in [-0.39, 0.29) is 0 Å². The lowest BCUT2D eigenvalue weighted by Gasteiger charge is -2.04. The topological polar surface area (TPSA) is 61.5 Å². The Labute approximate surface area is 82.6 Å². The molecule has 0 radical (unpaired) electrons. The molecular weight excluding hydrogens is 182 g/mol. The highest BCUT2D eigenvalue weighted by Crippen LogP contribution is 2.08. The van der Waals surface area contributed by atoms with Crippen LogP contribution in [0.15, 0.2) is 30.3 Å². The molecule has 0 spiro atoms. The fourth-order valence-corrected chi connectivity index (χ4v) is 0.853. The Bertz CT molecular complexity index is 274. The van der Waals surface area contributed by atoms with Crippen LogP contribution in [0.3, 0.4) is 0 Å². The smallest absolute Gasteiger partial charge is 0.434 e. The molecule has 0 fully saturated rings. The first-order valence-corrected chi connectivity index (χ1v) is 4.42. The van der Waals surface area contributed by atoms with Crippen molar-refractivity contribution < 1.29 is 14.3 Å². The van der Waals surface area contributed by atoms with Crippen molar-refractivity contribution in [3.8, 4) is 5.75 Å². The van der Waals surface area contributed by atoms with Crippen molar-refractivity contribution in [1.29, 1.82) is 0 Å². The monoisotopic (exact) mass is 195 g/mol. The minimum Gasteiger partial charge on any atom is -0.434 e. The number of carbonyl (C=O) groups is 1. The van der Waals surface area contributed by atoms with E-state index in [0.717, 1.165) is 0 Å². The average Bonchev–Trinajstić information content (AvgIpc) is 2.20. The molecule has 1 aromatic carbocycles. The van der Waals surface area contributed by atoms with Gasteiger partial charge in [-0.05, 0) is 25.1 Å². The summed E-state index contributed by atoms with van der Waals surface area (Å²) in [5.41, 5.74) is 5.24. The van der Waals surface area contributed by atoms with E-state index in [4.69, 9.17) is 15.2 Å². The summed E-state index contributed by atoms with van der Waals surface area (Å²) in [4.78, 5) is 11.0. The molecule has 0 saturated heterocycles. The zero-order chi connectivity index (χ0) is 10.2. The molecule has 14 heavy (non-hydrogen) atoms. The van der Waals surface area contributed by atoms with Gasteiger partial charge in [-0.25, -0.2) is 4.79 Å². The summed E-state index contributed by atoms with van der Waals surface area (Å²) in [7, 11) is 0. The maximum Gasteiger partial charge on any atom is 0.513 e. The van der Waals surface area contributed by atoms with Gasteiger partial charge in [-0.3, -0.25) is 0 Å². The van der Waals surface area contributed by atoms with Crippen LogP contribution < -0.4 is 10.5 Å². The van der Waals surface area contributed by atoms with Crippen LogP contribution in [-0.2, 0) is 4.74 Å². The quantitative estimate of drug-likeness (QED) is 0.450. The third-order valence-corrected chi connectivity index (χ3v) is 1.51. The highest BCUT2D eigenvalue weighted by atomic mass is 16.7. The molecule has 0 aromatic heterocycles. The Hall–Kier alpha value is -1.55. The molecule has 2 N–H and O–H groups in total. The standard InChI is InChI=1S/C10H13NO3/c11-7-4-8-13-10(12)14-9-5-2-1-3-6-9/h1-3,5-6H,4,7-8,11H2. The number of hydrogen-bond acceptors (Lipinski definition) is 4. The van der Waals surface area contributed by atoms with Crippen molar-refractivity contribution in [2.24, 2.45) is 5.73 Å². The summed E-state index contributed by atoms with van der Waals surface area (Å²) in [6, 6.07) is 8.77. The van der Waals surface area contributed by atoms with E-state index in [1.165, 1.54) is 0 Å². The SMILES string of the molecule is NCCCOC(=O)Oc1ccccc1. The van der Waals surface area contributed by atoms with Gasteiger partial charge in [0.1, 0.15) is 5.75 Å². The third kappa shape index (κ3) is 3.91. The van der Waals surface area contributed by atoms with Crippen molar-refractivity contribution >= 4 is 6.16 Å². The molecule has 0 aliphatic rings. The Kier molecular flexibility index (Phi) is 4.50. The lowest BCUT2D eigenvalue weighted by Crippen LogP contribution is -2.13. The molecule has 0 saturated carbocycles. The maximum atomic E-state index is 11.0. The van der Waals surface area contributed by atoms with E-state index in [2.05, 4.69) is 0 Å². The second-order valence-electron chi connectivity index (χ2n) is 2.66. The van der Waals surface area contributed by atoms with Crippen molar-refractivity contribution in [2.45, 2.75) is 6.42 Å². The highest BCUT2D eigenvalue weighted by molar-refractivity contribution is 5.63. The molecule has 4 heteroatoms. The van der Waals surface area contributed by atoms with E-state index in [1.54, 1.807) is 24.3 Å². The van der Waals surface area contributed by atoms with E-state index in [1.807, 2.05) is 6.07 Å². The zero-order valence-corrected chi connectivity index (χ0v) is 7.81. The number of benzene rings is 1. The van der Waals surface area contributed by atoms with Gasteiger partial charge in [0.05, 0.1) is 6.61 Å². The highest BCUT2D eigenvalue weighted by Gasteiger charge is 2.03. The molecule has 0 heterocycles. The summed E-state index contributed by atoms with van der Waals surface area (Å²) in [5.74, 6) is 0.477. The van der Waals surface area contributed by atoms with Crippen LogP contribution in [-0.4, -0.2) is 19.3 Å². The van der Waals surface area contributed by atoms with E-state index in [0.29, 0.717) is 25.3 Å². The normalized spacial score (nSPS) is 9.50. The van der Waals surface area contributed by atoms with Gasteiger partial charge in [-0.1, -0.05) is 18.2 Å². The van der Waals surface area contributed by atoms with Gasteiger partial charge in [0.25, 0.3) is 0 Å². The summed E-state index contributed by atoms with van der Waals surface area (Å²) in [6.45, 7) is 0.792. The second-order valence-corrected chi connectivity index (χ2v) is 2.66. The molecule has 1 aromatic rings. The Morgan fingerprint density at radius 1 is 1.29 bits per heavy atom. The maximum absolute atomic E-state index is 11.0. The number of carbonyl (C=O) groups excluding carboxylic acids is 1. The van der Waals surface area contributed by atoms with Gasteiger partial charge in [-0.2, -0.15) is 0 Å². The lowest BCUT2D eigenvalue weighted by molar-refractivity contribution is 0.0986. The van der Waals surface area contributed by atoms with Crippen LogP contribution >= 0.6 is 0 Å². The van der Waals surface area contributed by atoms with Crippen LogP contribution in [0.2, 0.25) is 0 Å². The van der Waals surface area contributed by atoms with Crippen LogP contribution in [0.1, 0.15) is 6.42 Å². The number of rotatable bonds is 4. The minimum absolute atomic E-state index is 0.294. The summed E-state index contributed by atoms with van der Waals surface area (Å²) in [6.07, 6.45) is -0.0474. The first-order valence-electron chi connectivity index (χ1n) is 4.42. The van der Waals surface area contributed by atoms with Crippen LogP contribution in [0, 0.1) is 0 Å². The van der Waals surface area contributed by atoms with Crippen LogP contribution in [0.5, 0.6) is 5.75 Å². The van der Waals surface area contributed by atoms with Crippen molar-refractivity contribution in [3.63, 3.8) is 0 Å². The van der Waals surface area contributed by atoms with Crippen LogP contribution in [0.25, 0.3) is 0 Å². The Balaban J connectivity index is 2.27. The largest absolute Gasteiger partial charge is 0.513 e. The summed E-state index contributed by atoms with van der Waals surface area (Å²) >= 11 is 0. The van der Waals surface area contributed by atoms with Crippen LogP contribution in [0.4, 0.5) is 4.79 Å². The number of nitrogens with two attached hydrogens (primary N) is 1. The predicted molar refractivity (Wildman–Crippen MR) is 52.1 cm³/mol. The number of para-hydroxylation sites is 1. The molecule has 4 nitrogen and oxygen atoms in total. The van der Waals surface area contributed by atoms with Gasteiger partial charge in [0, 0.05) is 0 Å². The van der Waals surface area contributed by atoms with Gasteiger partial charge in [0.2, 0.25) is 0 Å². The molecular formula is C10H13NO3. The van der Waals surface area contributed by atoms with Crippen molar-refractivity contribution in [1.82, 2.24) is 0 Å². The third-order valence-electron chi connectivity index (χ3n) is 1.51. The average molecular weight is 195 g/mol. The van der Waals surface area contributed by atoms with Gasteiger partial charge < -0.3 is 15.2 Å². The summed E-state index contributed by atoms with van der Waals surface area (Å²) < 4.78 is 9.60. The Morgan fingerprint density at radius 2 is 2.00 bits per heavy atom.